The minimum Gasteiger partial charge on any atom is -0.444 e. The molecule has 1 rings (SSSR count). The van der Waals surface area contributed by atoms with Crippen molar-refractivity contribution in [1.82, 2.24) is 4.90 Å². The molecule has 18 heavy (non-hydrogen) atoms. The van der Waals surface area contributed by atoms with E-state index in [1.54, 1.807) is 0 Å². The first-order chi connectivity index (χ1) is 8.07. The molecule has 1 aliphatic heterocycles. The lowest BCUT2D eigenvalue weighted by molar-refractivity contribution is -0.0192. The highest BCUT2D eigenvalue weighted by atomic mass is 16.6. The van der Waals surface area contributed by atoms with Gasteiger partial charge in [-0.2, -0.15) is 0 Å². The monoisotopic (exact) mass is 256 g/mol. The number of carbonyl (C=O) groups excluding carboxylic acids is 1. The van der Waals surface area contributed by atoms with Crippen LogP contribution in [0.5, 0.6) is 0 Å². The number of hydrogen-bond donors (Lipinski definition) is 1. The second-order valence-corrected chi connectivity index (χ2v) is 7.17. The third-order valence-corrected chi connectivity index (χ3v) is 3.70. The van der Waals surface area contributed by atoms with Crippen LogP contribution in [-0.4, -0.2) is 36.2 Å². The van der Waals surface area contributed by atoms with Crippen molar-refractivity contribution < 1.29 is 9.53 Å². The van der Waals surface area contributed by atoms with Crippen LogP contribution in [0, 0.1) is 17.3 Å². The van der Waals surface area contributed by atoms with Gasteiger partial charge in [-0.15, -0.1) is 0 Å². The molecule has 1 saturated heterocycles. The SMILES string of the molecule is CC1CN(C(=O)OC(C)(C)C)CC(C)(C)C1CN. The second-order valence-electron chi connectivity index (χ2n) is 7.17. The molecule has 0 aromatic carbocycles. The fourth-order valence-electron chi connectivity index (χ4n) is 2.94. The van der Waals surface area contributed by atoms with Crippen LogP contribution in [0.15, 0.2) is 0 Å². The highest BCUT2D eigenvalue weighted by Gasteiger charge is 2.41. The zero-order valence-electron chi connectivity index (χ0n) is 12.6. The van der Waals surface area contributed by atoms with E-state index >= 15 is 0 Å². The molecular weight excluding hydrogens is 228 g/mol. The first-order valence-corrected chi connectivity index (χ1v) is 6.75. The first-order valence-electron chi connectivity index (χ1n) is 6.75. The van der Waals surface area contributed by atoms with Crippen LogP contribution in [0.1, 0.15) is 41.5 Å². The number of piperidine rings is 1. The summed E-state index contributed by atoms with van der Waals surface area (Å²) in [6.45, 7) is 14.3. The summed E-state index contributed by atoms with van der Waals surface area (Å²) in [5, 5.41) is 0. The quantitative estimate of drug-likeness (QED) is 0.784. The molecule has 0 aliphatic carbocycles. The molecule has 2 atom stereocenters. The number of nitrogens with zero attached hydrogens (tertiary/aromatic N) is 1. The molecule has 0 aromatic heterocycles. The lowest BCUT2D eigenvalue weighted by Gasteiger charge is -2.47. The van der Waals surface area contributed by atoms with Crippen molar-refractivity contribution in [2.45, 2.75) is 47.1 Å². The van der Waals surface area contributed by atoms with Gasteiger partial charge in [-0.1, -0.05) is 20.8 Å². The minimum absolute atomic E-state index is 0.0450. The van der Waals surface area contributed by atoms with Gasteiger partial charge in [0.1, 0.15) is 5.60 Å². The molecule has 4 heteroatoms. The highest BCUT2D eigenvalue weighted by Crippen LogP contribution is 2.38. The topological polar surface area (TPSA) is 55.6 Å². The molecule has 1 heterocycles. The molecule has 0 saturated carbocycles. The predicted molar refractivity (Wildman–Crippen MR) is 73.3 cm³/mol. The summed E-state index contributed by atoms with van der Waals surface area (Å²) < 4.78 is 5.44. The van der Waals surface area contributed by atoms with Gasteiger partial charge in [-0.25, -0.2) is 4.79 Å². The van der Waals surface area contributed by atoms with E-state index in [0.29, 0.717) is 24.9 Å². The maximum absolute atomic E-state index is 12.1. The van der Waals surface area contributed by atoms with Crippen LogP contribution in [0.25, 0.3) is 0 Å². The van der Waals surface area contributed by atoms with Crippen molar-refractivity contribution in [3.8, 4) is 0 Å². The van der Waals surface area contributed by atoms with Gasteiger partial charge in [-0.3, -0.25) is 0 Å². The maximum Gasteiger partial charge on any atom is 0.410 e. The van der Waals surface area contributed by atoms with E-state index in [1.165, 1.54) is 0 Å². The summed E-state index contributed by atoms with van der Waals surface area (Å²) in [5.74, 6) is 0.863. The normalized spacial score (nSPS) is 28.1. The molecule has 1 fully saturated rings. The summed E-state index contributed by atoms with van der Waals surface area (Å²) in [6, 6.07) is 0. The van der Waals surface area contributed by atoms with E-state index in [1.807, 2.05) is 25.7 Å². The zero-order chi connectivity index (χ0) is 14.1. The van der Waals surface area contributed by atoms with Crippen LogP contribution >= 0.6 is 0 Å². The van der Waals surface area contributed by atoms with Gasteiger partial charge >= 0.3 is 6.09 Å². The van der Waals surface area contributed by atoms with E-state index in [0.717, 1.165) is 6.54 Å². The Labute approximate surface area is 111 Å². The zero-order valence-corrected chi connectivity index (χ0v) is 12.6. The molecule has 0 radical (unpaired) electrons. The van der Waals surface area contributed by atoms with Gasteiger partial charge in [0.2, 0.25) is 0 Å². The van der Waals surface area contributed by atoms with Gasteiger partial charge in [0.05, 0.1) is 0 Å². The van der Waals surface area contributed by atoms with Crippen molar-refractivity contribution in [1.29, 1.82) is 0 Å². The number of amides is 1. The molecular formula is C14H28N2O2. The van der Waals surface area contributed by atoms with Crippen LogP contribution in [0.2, 0.25) is 0 Å². The third-order valence-electron chi connectivity index (χ3n) is 3.70. The molecule has 0 aromatic rings. The molecule has 106 valence electrons. The first kappa shape index (κ1) is 15.3. The Kier molecular flexibility index (Phi) is 4.31. The van der Waals surface area contributed by atoms with Gasteiger partial charge in [0.25, 0.3) is 0 Å². The molecule has 4 nitrogen and oxygen atoms in total. The van der Waals surface area contributed by atoms with Crippen LogP contribution in [-0.2, 0) is 4.74 Å². The minimum atomic E-state index is -0.435. The number of likely N-dealkylation sites (tertiary alicyclic amines) is 1. The smallest absolute Gasteiger partial charge is 0.410 e. The number of hydrogen-bond acceptors (Lipinski definition) is 3. The Balaban J connectivity index is 2.74. The van der Waals surface area contributed by atoms with E-state index in [-0.39, 0.29) is 11.5 Å². The highest BCUT2D eigenvalue weighted by molar-refractivity contribution is 5.68. The average Bonchev–Trinajstić information content (AvgIpc) is 2.12. The predicted octanol–water partition coefficient (Wildman–Crippen LogP) is 2.47. The Bertz CT molecular complexity index is 307. The Morgan fingerprint density at radius 3 is 2.39 bits per heavy atom. The number of rotatable bonds is 1. The Hall–Kier alpha value is -0.770. The molecule has 1 aliphatic rings. The van der Waals surface area contributed by atoms with Crippen molar-refractivity contribution in [2.24, 2.45) is 23.0 Å². The molecule has 0 bridgehead atoms. The van der Waals surface area contributed by atoms with E-state index in [2.05, 4.69) is 20.8 Å². The van der Waals surface area contributed by atoms with Crippen LogP contribution < -0.4 is 5.73 Å². The molecule has 1 amide bonds. The van der Waals surface area contributed by atoms with E-state index in [4.69, 9.17) is 10.5 Å². The fraction of sp³-hybridized carbons (Fsp3) is 0.929. The van der Waals surface area contributed by atoms with Gasteiger partial charge < -0.3 is 15.4 Å². The van der Waals surface area contributed by atoms with Gasteiger partial charge in [0.15, 0.2) is 0 Å². The van der Waals surface area contributed by atoms with Crippen molar-refractivity contribution >= 4 is 6.09 Å². The number of nitrogens with two attached hydrogens (primary N) is 1. The summed E-state index contributed by atoms with van der Waals surface area (Å²) in [5.41, 5.74) is 5.47. The lowest BCUT2D eigenvalue weighted by atomic mass is 9.69. The molecule has 2 N–H and O–H groups in total. The number of ether oxygens (including phenoxy) is 1. The van der Waals surface area contributed by atoms with E-state index in [9.17, 15) is 4.79 Å². The fourth-order valence-corrected chi connectivity index (χ4v) is 2.94. The van der Waals surface area contributed by atoms with E-state index < -0.39 is 5.60 Å². The van der Waals surface area contributed by atoms with Crippen molar-refractivity contribution in [3.63, 3.8) is 0 Å². The van der Waals surface area contributed by atoms with Crippen LogP contribution in [0.3, 0.4) is 0 Å². The third kappa shape index (κ3) is 3.61. The maximum atomic E-state index is 12.1. The second kappa shape index (κ2) is 5.08. The lowest BCUT2D eigenvalue weighted by Crippen LogP contribution is -2.54. The van der Waals surface area contributed by atoms with Crippen LogP contribution in [0.4, 0.5) is 4.79 Å². The molecule has 2 unspecified atom stereocenters. The summed E-state index contributed by atoms with van der Waals surface area (Å²) in [7, 11) is 0. The van der Waals surface area contributed by atoms with Gasteiger partial charge in [-0.05, 0) is 44.6 Å². The average molecular weight is 256 g/mol. The Morgan fingerprint density at radius 2 is 2.00 bits per heavy atom. The van der Waals surface area contributed by atoms with Gasteiger partial charge in [0, 0.05) is 13.1 Å². The summed E-state index contributed by atoms with van der Waals surface area (Å²) >= 11 is 0. The Morgan fingerprint density at radius 1 is 1.44 bits per heavy atom. The largest absolute Gasteiger partial charge is 0.444 e. The summed E-state index contributed by atoms with van der Waals surface area (Å²) in [4.78, 5) is 13.9. The standard InChI is InChI=1S/C14H28N2O2/c1-10-8-16(12(17)18-13(2,3)4)9-14(5,6)11(10)7-15/h10-11H,7-9,15H2,1-6H3. The molecule has 0 spiro atoms. The number of carbonyl (C=O) groups is 1. The van der Waals surface area contributed by atoms with Crippen molar-refractivity contribution in [3.05, 3.63) is 0 Å². The summed E-state index contributed by atoms with van der Waals surface area (Å²) in [6.07, 6.45) is -0.210. The van der Waals surface area contributed by atoms with Crippen molar-refractivity contribution in [2.75, 3.05) is 19.6 Å².